The van der Waals surface area contributed by atoms with E-state index in [0.29, 0.717) is 25.9 Å². The number of hydrogen-bond acceptors (Lipinski definition) is 6. The molecule has 4 amide bonds. The van der Waals surface area contributed by atoms with Crippen LogP contribution >= 0.6 is 0 Å². The summed E-state index contributed by atoms with van der Waals surface area (Å²) >= 11 is 0. The zero-order valence-electron chi connectivity index (χ0n) is 21.5. The molecule has 37 heavy (non-hydrogen) atoms. The Morgan fingerprint density at radius 1 is 1.16 bits per heavy atom. The van der Waals surface area contributed by atoms with E-state index in [0.717, 1.165) is 12.8 Å². The van der Waals surface area contributed by atoms with E-state index < -0.39 is 65.9 Å². The molecule has 2 aliphatic heterocycles. The zero-order chi connectivity index (χ0) is 27.8. The van der Waals surface area contributed by atoms with Gasteiger partial charge in [-0.15, -0.1) is 13.2 Å². The van der Waals surface area contributed by atoms with E-state index in [1.165, 1.54) is 11.8 Å². The molecule has 2 heterocycles. The Hall–Kier alpha value is -2.70. The first-order valence-corrected chi connectivity index (χ1v) is 12.4. The molecule has 0 aromatic rings. The van der Waals surface area contributed by atoms with Gasteiger partial charge < -0.3 is 20.9 Å². The maximum absolute atomic E-state index is 13.6. The number of likely N-dealkylation sites (tertiary alicyclic amines) is 1. The van der Waals surface area contributed by atoms with Crippen LogP contribution in [0.1, 0.15) is 59.8 Å². The Morgan fingerprint density at radius 2 is 1.81 bits per heavy atom. The van der Waals surface area contributed by atoms with Crippen molar-refractivity contribution in [2.75, 3.05) is 19.7 Å². The monoisotopic (exact) mass is 532 g/mol. The Balaban J connectivity index is 1.80. The zero-order valence-corrected chi connectivity index (χ0v) is 21.5. The predicted molar refractivity (Wildman–Crippen MR) is 124 cm³/mol. The maximum atomic E-state index is 13.6. The molecule has 10 nitrogen and oxygen atoms in total. The lowest BCUT2D eigenvalue weighted by Crippen LogP contribution is -2.58. The van der Waals surface area contributed by atoms with Crippen LogP contribution in [-0.4, -0.2) is 78.5 Å². The first-order valence-electron chi connectivity index (χ1n) is 12.4. The van der Waals surface area contributed by atoms with Gasteiger partial charge in [0.15, 0.2) is 5.78 Å². The molecule has 0 radical (unpaired) electrons. The molecule has 1 aliphatic carbocycles. The van der Waals surface area contributed by atoms with Gasteiger partial charge >= 0.3 is 6.36 Å². The number of rotatable bonds is 9. The molecule has 0 bridgehead atoms. The predicted octanol–water partition coefficient (Wildman–Crippen LogP) is 1.03. The van der Waals surface area contributed by atoms with Crippen LogP contribution in [0.4, 0.5) is 13.2 Å². The first-order chi connectivity index (χ1) is 17.0. The molecule has 3 rings (SSSR count). The summed E-state index contributed by atoms with van der Waals surface area (Å²) in [6.07, 6.45) is -2.88. The fraction of sp³-hybridized carbons (Fsp3) is 0.792. The average molecular weight is 533 g/mol. The van der Waals surface area contributed by atoms with Crippen molar-refractivity contribution in [2.45, 2.75) is 84.3 Å². The normalized spacial score (nSPS) is 24.4. The third-order valence-corrected chi connectivity index (χ3v) is 7.28. The topological polar surface area (TPSA) is 134 Å². The molecule has 2 saturated heterocycles. The fourth-order valence-corrected chi connectivity index (χ4v) is 5.03. The molecular weight excluding hydrogens is 497 g/mol. The highest BCUT2D eigenvalue weighted by Gasteiger charge is 2.56. The van der Waals surface area contributed by atoms with E-state index in [9.17, 15) is 37.1 Å². The summed E-state index contributed by atoms with van der Waals surface area (Å²) in [6, 6.07) is -3.27. The Kier molecular flexibility index (Phi) is 8.25. The number of ketones is 1. The van der Waals surface area contributed by atoms with Crippen LogP contribution in [0, 0.1) is 16.7 Å². The van der Waals surface area contributed by atoms with Crippen LogP contribution < -0.4 is 16.0 Å². The van der Waals surface area contributed by atoms with Crippen LogP contribution in [0.5, 0.6) is 0 Å². The quantitative estimate of drug-likeness (QED) is 0.406. The van der Waals surface area contributed by atoms with E-state index in [4.69, 9.17) is 0 Å². The summed E-state index contributed by atoms with van der Waals surface area (Å²) in [5.74, 6) is -3.54. The number of nitrogens with one attached hydrogen (secondary N) is 3. The van der Waals surface area contributed by atoms with E-state index >= 15 is 0 Å². The number of Topliss-reactive ketones (excluding diaryl/α,β-unsaturated/α-hetero) is 1. The standard InChI is InChI=1S/C24H35F3N4O6/c1-13(32)29-18(22(2,3)4)21(36)31-12-23(6-7-23)10-16(31)20(35)30-15(9-14-5-8-28-19(14)34)17(33)11-37-24(25,26)27/h14-16,18H,5-12H2,1-4H3,(H,28,34)(H,29,32)(H,30,35)/t14-,15-,16-,18+/m0/s1. The van der Waals surface area contributed by atoms with Crippen LogP contribution in [0.15, 0.2) is 0 Å². The van der Waals surface area contributed by atoms with Gasteiger partial charge in [-0.3, -0.25) is 28.7 Å². The second-order valence-electron chi connectivity index (χ2n) is 11.5. The molecule has 13 heteroatoms. The van der Waals surface area contributed by atoms with Crippen molar-refractivity contribution in [2.24, 2.45) is 16.7 Å². The largest absolute Gasteiger partial charge is 0.522 e. The van der Waals surface area contributed by atoms with Crippen LogP contribution in [0.3, 0.4) is 0 Å². The van der Waals surface area contributed by atoms with Crippen molar-refractivity contribution in [3.63, 3.8) is 0 Å². The number of alkyl halides is 3. The van der Waals surface area contributed by atoms with Gasteiger partial charge in [-0.05, 0) is 42.9 Å². The Morgan fingerprint density at radius 3 is 2.30 bits per heavy atom. The van der Waals surface area contributed by atoms with Gasteiger partial charge in [0, 0.05) is 25.9 Å². The van der Waals surface area contributed by atoms with Crippen LogP contribution in [0.25, 0.3) is 0 Å². The van der Waals surface area contributed by atoms with Crippen LogP contribution in [-0.2, 0) is 28.7 Å². The van der Waals surface area contributed by atoms with Gasteiger partial charge in [-0.25, -0.2) is 0 Å². The number of carbonyl (C=O) groups is 5. The lowest BCUT2D eigenvalue weighted by molar-refractivity contribution is -0.321. The minimum Gasteiger partial charge on any atom is -0.356 e. The van der Waals surface area contributed by atoms with Crippen molar-refractivity contribution < 1.29 is 41.9 Å². The highest BCUT2D eigenvalue weighted by Crippen LogP contribution is 2.55. The molecule has 0 aromatic heterocycles. The number of nitrogens with zero attached hydrogens (tertiary/aromatic N) is 1. The Labute approximate surface area is 213 Å². The minimum atomic E-state index is -5.03. The molecule has 0 unspecified atom stereocenters. The summed E-state index contributed by atoms with van der Waals surface area (Å²) in [5.41, 5.74) is -0.896. The van der Waals surface area contributed by atoms with Gasteiger partial charge in [0.05, 0.1) is 6.04 Å². The molecular formula is C24H35F3N4O6. The summed E-state index contributed by atoms with van der Waals surface area (Å²) in [5, 5.41) is 7.78. The van der Waals surface area contributed by atoms with E-state index in [-0.39, 0.29) is 17.7 Å². The Bertz CT molecular complexity index is 944. The summed E-state index contributed by atoms with van der Waals surface area (Å²) in [7, 11) is 0. The molecule has 208 valence electrons. The third-order valence-electron chi connectivity index (χ3n) is 7.28. The molecule has 1 spiro atoms. The molecule has 3 fully saturated rings. The van der Waals surface area contributed by atoms with Gasteiger partial charge in [0.25, 0.3) is 0 Å². The van der Waals surface area contributed by atoms with Gasteiger partial charge in [-0.1, -0.05) is 20.8 Å². The van der Waals surface area contributed by atoms with E-state index in [1.54, 1.807) is 20.8 Å². The summed E-state index contributed by atoms with van der Waals surface area (Å²) in [4.78, 5) is 64.9. The molecule has 3 N–H and O–H groups in total. The first kappa shape index (κ1) is 28.9. The SMILES string of the molecule is CC(=O)N[C@H](C(=O)N1CC2(CC2)C[C@H]1C(=O)N[C@@H](C[C@@H]1CCNC1=O)C(=O)COC(F)(F)F)C(C)(C)C. The number of halogens is 3. The van der Waals surface area contributed by atoms with Gasteiger partial charge in [0.2, 0.25) is 23.6 Å². The number of amides is 4. The maximum Gasteiger partial charge on any atom is 0.522 e. The summed E-state index contributed by atoms with van der Waals surface area (Å²) in [6.45, 7) is 6.00. The van der Waals surface area contributed by atoms with E-state index in [1.807, 2.05) is 0 Å². The third kappa shape index (κ3) is 7.42. The number of carbonyl (C=O) groups excluding carboxylic acids is 5. The molecule has 4 atom stereocenters. The minimum absolute atomic E-state index is 0.181. The van der Waals surface area contributed by atoms with Crippen molar-refractivity contribution in [1.82, 2.24) is 20.9 Å². The summed E-state index contributed by atoms with van der Waals surface area (Å²) < 4.78 is 41.3. The van der Waals surface area contributed by atoms with Crippen molar-refractivity contribution in [3.05, 3.63) is 0 Å². The second kappa shape index (κ2) is 10.6. The van der Waals surface area contributed by atoms with Crippen molar-refractivity contribution in [1.29, 1.82) is 0 Å². The fourth-order valence-electron chi connectivity index (χ4n) is 5.03. The molecule has 1 saturated carbocycles. The smallest absolute Gasteiger partial charge is 0.356 e. The van der Waals surface area contributed by atoms with Crippen LogP contribution in [0.2, 0.25) is 0 Å². The lowest BCUT2D eigenvalue weighted by atomic mass is 9.85. The van der Waals surface area contributed by atoms with Crippen molar-refractivity contribution >= 4 is 29.4 Å². The lowest BCUT2D eigenvalue weighted by Gasteiger charge is -2.35. The number of hydrogen-bond donors (Lipinski definition) is 3. The van der Waals surface area contributed by atoms with Gasteiger partial charge in [0.1, 0.15) is 18.7 Å². The average Bonchev–Trinajstić information content (AvgIpc) is 3.23. The molecule has 3 aliphatic rings. The molecule has 0 aromatic carbocycles. The number of ether oxygens (including phenoxy) is 1. The van der Waals surface area contributed by atoms with Gasteiger partial charge in [-0.2, -0.15) is 0 Å². The second-order valence-corrected chi connectivity index (χ2v) is 11.5. The van der Waals surface area contributed by atoms with E-state index in [2.05, 4.69) is 20.7 Å². The van der Waals surface area contributed by atoms with Crippen molar-refractivity contribution in [3.8, 4) is 0 Å². The highest BCUT2D eigenvalue weighted by atomic mass is 19.4. The highest BCUT2D eigenvalue weighted by molar-refractivity contribution is 5.96.